The van der Waals surface area contributed by atoms with Crippen LogP contribution in [0.25, 0.3) is 11.0 Å². The van der Waals surface area contributed by atoms with E-state index in [1.807, 2.05) is 60.7 Å². The molecule has 0 spiro atoms. The molecule has 2 heterocycles. The fourth-order valence-electron chi connectivity index (χ4n) is 2.97. The molecular weight excluding hydrogens is 404 g/mol. The zero-order valence-electron chi connectivity index (χ0n) is 17.3. The van der Waals surface area contributed by atoms with E-state index in [9.17, 15) is 4.79 Å². The van der Waals surface area contributed by atoms with E-state index in [4.69, 9.17) is 10.5 Å². The number of hydrogen-bond donors (Lipinski definition) is 4. The highest BCUT2D eigenvalue weighted by Crippen LogP contribution is 2.25. The van der Waals surface area contributed by atoms with E-state index in [1.165, 1.54) is 6.33 Å². The highest BCUT2D eigenvalue weighted by molar-refractivity contribution is 5.90. The lowest BCUT2D eigenvalue weighted by Crippen LogP contribution is -2.30. The Balaban J connectivity index is 1.42. The van der Waals surface area contributed by atoms with E-state index in [0.29, 0.717) is 23.8 Å². The van der Waals surface area contributed by atoms with Crippen molar-refractivity contribution in [1.29, 1.82) is 0 Å². The normalized spacial score (nSPS) is 10.3. The highest BCUT2D eigenvalue weighted by Gasteiger charge is 2.08. The number of carbonyl (C=O) groups is 1. The molecule has 4 rings (SSSR count). The molecular formula is C24H22N6O2. The average Bonchev–Trinajstić information content (AvgIpc) is 3.26. The number of aromatic amines is 1. The van der Waals surface area contributed by atoms with Crippen molar-refractivity contribution in [3.8, 4) is 17.6 Å². The quantitative estimate of drug-likeness (QED) is 0.338. The van der Waals surface area contributed by atoms with Gasteiger partial charge in [-0.15, -0.1) is 0 Å². The van der Waals surface area contributed by atoms with Gasteiger partial charge in [-0.2, -0.15) is 0 Å². The van der Waals surface area contributed by atoms with Crippen molar-refractivity contribution in [3.05, 3.63) is 78.2 Å². The van der Waals surface area contributed by atoms with Crippen molar-refractivity contribution < 1.29 is 9.53 Å². The van der Waals surface area contributed by atoms with Gasteiger partial charge < -0.3 is 26.1 Å². The Morgan fingerprint density at radius 3 is 2.69 bits per heavy atom. The summed E-state index contributed by atoms with van der Waals surface area (Å²) in [5.41, 5.74) is 8.58. The van der Waals surface area contributed by atoms with Crippen LogP contribution < -0.4 is 21.1 Å². The largest absolute Gasteiger partial charge is 0.489 e. The van der Waals surface area contributed by atoms with E-state index >= 15 is 0 Å². The monoisotopic (exact) mass is 426 g/mol. The molecule has 2 aromatic carbocycles. The van der Waals surface area contributed by atoms with Gasteiger partial charge in [0.2, 0.25) is 5.91 Å². The fraction of sp³-hybridized carbons (Fsp3) is 0.125. The topological polar surface area (TPSA) is 118 Å². The van der Waals surface area contributed by atoms with Crippen LogP contribution >= 0.6 is 0 Å². The molecule has 8 heteroatoms. The van der Waals surface area contributed by atoms with Gasteiger partial charge in [0.25, 0.3) is 0 Å². The first-order valence-corrected chi connectivity index (χ1v) is 10.0. The third-order valence-electron chi connectivity index (χ3n) is 4.57. The summed E-state index contributed by atoms with van der Waals surface area (Å²) in [5.74, 6) is 7.04. The van der Waals surface area contributed by atoms with Gasteiger partial charge in [-0.25, -0.2) is 9.97 Å². The number of carbonyl (C=O) groups excluding carboxylic acids is 1. The van der Waals surface area contributed by atoms with Crippen LogP contribution in [-0.4, -0.2) is 33.9 Å². The van der Waals surface area contributed by atoms with Crippen LogP contribution in [0.15, 0.2) is 67.0 Å². The number of benzene rings is 2. The minimum absolute atomic E-state index is 0.0567. The van der Waals surface area contributed by atoms with Gasteiger partial charge in [-0.1, -0.05) is 36.3 Å². The van der Waals surface area contributed by atoms with Gasteiger partial charge in [0.05, 0.1) is 24.2 Å². The maximum Gasteiger partial charge on any atom is 0.234 e. The van der Waals surface area contributed by atoms with E-state index in [0.717, 1.165) is 22.4 Å². The SMILES string of the molecule is NCC(=O)NCC#Cc1cc2c(Nc3ccc(OCc4ccccc4)cc3)ncnc2[nH]1. The summed E-state index contributed by atoms with van der Waals surface area (Å²) in [4.78, 5) is 22.9. The molecule has 4 aromatic rings. The van der Waals surface area contributed by atoms with E-state index in [-0.39, 0.29) is 19.0 Å². The minimum Gasteiger partial charge on any atom is -0.489 e. The number of anilines is 2. The first-order valence-electron chi connectivity index (χ1n) is 10.0. The Kier molecular flexibility index (Phi) is 6.60. The van der Waals surface area contributed by atoms with Crippen molar-refractivity contribution in [1.82, 2.24) is 20.3 Å². The van der Waals surface area contributed by atoms with E-state index < -0.39 is 0 Å². The van der Waals surface area contributed by atoms with Gasteiger partial charge in [0, 0.05) is 5.69 Å². The second kappa shape index (κ2) is 10.1. The molecule has 0 aliphatic heterocycles. The number of nitrogens with one attached hydrogen (secondary N) is 3. The lowest BCUT2D eigenvalue weighted by atomic mass is 10.2. The third-order valence-corrected chi connectivity index (χ3v) is 4.57. The van der Waals surface area contributed by atoms with Crippen LogP contribution in [0.3, 0.4) is 0 Å². The Morgan fingerprint density at radius 1 is 1.09 bits per heavy atom. The molecule has 0 fully saturated rings. The second-order valence-electron chi connectivity index (χ2n) is 6.87. The number of rotatable bonds is 7. The van der Waals surface area contributed by atoms with Crippen LogP contribution in [0.1, 0.15) is 11.3 Å². The Labute approximate surface area is 185 Å². The predicted octanol–water partition coefficient (Wildman–Crippen LogP) is 2.71. The van der Waals surface area contributed by atoms with Crippen LogP contribution in [0, 0.1) is 11.8 Å². The zero-order chi connectivity index (χ0) is 22.2. The molecule has 0 aliphatic carbocycles. The van der Waals surface area contributed by atoms with E-state index in [1.54, 1.807) is 0 Å². The van der Waals surface area contributed by atoms with Crippen molar-refractivity contribution in [2.75, 3.05) is 18.4 Å². The van der Waals surface area contributed by atoms with Gasteiger partial charge in [0.15, 0.2) is 0 Å². The van der Waals surface area contributed by atoms with Crippen molar-refractivity contribution in [3.63, 3.8) is 0 Å². The maximum atomic E-state index is 11.2. The molecule has 0 radical (unpaired) electrons. The predicted molar refractivity (Wildman–Crippen MR) is 123 cm³/mol. The Bertz CT molecular complexity index is 1260. The minimum atomic E-state index is -0.246. The van der Waals surface area contributed by atoms with E-state index in [2.05, 4.69) is 37.4 Å². The number of ether oxygens (including phenoxy) is 1. The standard InChI is InChI=1S/C24H22N6O2/c25-14-22(31)26-12-4-7-19-13-21-23(27-16-28-24(21)30-19)29-18-8-10-20(11-9-18)32-15-17-5-2-1-3-6-17/h1-3,5-6,8-11,13,16H,12,14-15,25H2,(H,26,31)(H2,27,28,29,30). The molecule has 1 amide bonds. The molecule has 0 aliphatic rings. The molecule has 32 heavy (non-hydrogen) atoms. The first kappa shape index (κ1) is 20.9. The Morgan fingerprint density at radius 2 is 1.91 bits per heavy atom. The summed E-state index contributed by atoms with van der Waals surface area (Å²) >= 11 is 0. The zero-order valence-corrected chi connectivity index (χ0v) is 17.3. The lowest BCUT2D eigenvalue weighted by Gasteiger charge is -2.09. The van der Waals surface area contributed by atoms with Gasteiger partial charge in [-0.3, -0.25) is 4.79 Å². The molecule has 8 nitrogen and oxygen atoms in total. The van der Waals surface area contributed by atoms with Gasteiger partial charge in [-0.05, 0) is 41.8 Å². The van der Waals surface area contributed by atoms with Crippen LogP contribution in [0.2, 0.25) is 0 Å². The summed E-state index contributed by atoms with van der Waals surface area (Å²) < 4.78 is 5.83. The number of amides is 1. The second-order valence-corrected chi connectivity index (χ2v) is 6.87. The molecule has 0 saturated heterocycles. The van der Waals surface area contributed by atoms with Gasteiger partial charge in [0.1, 0.15) is 30.1 Å². The molecule has 160 valence electrons. The van der Waals surface area contributed by atoms with Crippen LogP contribution in [0.5, 0.6) is 5.75 Å². The van der Waals surface area contributed by atoms with Crippen molar-refractivity contribution in [2.45, 2.75) is 6.61 Å². The Hall–Kier alpha value is -4.35. The number of H-pyrrole nitrogens is 1. The van der Waals surface area contributed by atoms with Crippen molar-refractivity contribution in [2.24, 2.45) is 5.73 Å². The molecule has 2 aromatic heterocycles. The molecule has 0 unspecified atom stereocenters. The number of hydrogen-bond acceptors (Lipinski definition) is 6. The number of nitrogens with two attached hydrogens (primary N) is 1. The molecule has 0 atom stereocenters. The molecule has 0 saturated carbocycles. The smallest absolute Gasteiger partial charge is 0.234 e. The average molecular weight is 426 g/mol. The summed E-state index contributed by atoms with van der Waals surface area (Å²) in [7, 11) is 0. The fourth-order valence-corrected chi connectivity index (χ4v) is 2.97. The molecule has 5 N–H and O–H groups in total. The highest BCUT2D eigenvalue weighted by atomic mass is 16.5. The van der Waals surface area contributed by atoms with Crippen LogP contribution in [0.4, 0.5) is 11.5 Å². The van der Waals surface area contributed by atoms with Crippen molar-refractivity contribution >= 4 is 28.4 Å². The lowest BCUT2D eigenvalue weighted by molar-refractivity contribution is -0.119. The maximum absolute atomic E-state index is 11.2. The van der Waals surface area contributed by atoms with Crippen LogP contribution in [-0.2, 0) is 11.4 Å². The third kappa shape index (κ3) is 5.41. The number of fused-ring (bicyclic) bond motifs is 1. The summed E-state index contributed by atoms with van der Waals surface area (Å²) in [6, 6.07) is 19.6. The number of nitrogens with zero attached hydrogens (tertiary/aromatic N) is 2. The summed E-state index contributed by atoms with van der Waals surface area (Å²) in [6.07, 6.45) is 1.48. The summed E-state index contributed by atoms with van der Waals surface area (Å²) in [5, 5.41) is 6.72. The molecule has 0 bridgehead atoms. The number of aromatic nitrogens is 3. The first-order chi connectivity index (χ1) is 15.7. The summed E-state index contributed by atoms with van der Waals surface area (Å²) in [6.45, 7) is 0.683. The van der Waals surface area contributed by atoms with Gasteiger partial charge >= 0.3 is 0 Å².